The minimum atomic E-state index is -1.47. The molecule has 0 spiro atoms. The molecule has 0 radical (unpaired) electrons. The molecule has 0 saturated carbocycles. The molecule has 1 aromatic rings. The van der Waals surface area contributed by atoms with E-state index in [2.05, 4.69) is 5.32 Å². The lowest BCUT2D eigenvalue weighted by Gasteiger charge is -2.06. The van der Waals surface area contributed by atoms with Crippen LogP contribution in [0.15, 0.2) is 24.3 Å². The third-order valence-corrected chi connectivity index (χ3v) is 2.80. The smallest absolute Gasteiger partial charge is 0.332 e. The molecule has 1 amide bonds. The van der Waals surface area contributed by atoms with E-state index in [1.807, 2.05) is 25.1 Å². The second-order valence-corrected chi connectivity index (χ2v) is 4.51. The molecule has 0 unspecified atom stereocenters. The molecular formula is C15H19NO5. The number of hydrogen-bond donors (Lipinski definition) is 3. The van der Waals surface area contributed by atoms with E-state index in [0.717, 1.165) is 11.1 Å². The average molecular weight is 293 g/mol. The van der Waals surface area contributed by atoms with Crippen molar-refractivity contribution >= 4 is 18.0 Å². The van der Waals surface area contributed by atoms with Gasteiger partial charge in [0.05, 0.1) is 7.11 Å². The summed E-state index contributed by atoms with van der Waals surface area (Å²) >= 11 is 0. The van der Waals surface area contributed by atoms with Gasteiger partial charge in [0.25, 0.3) is 0 Å². The van der Waals surface area contributed by atoms with Crippen LogP contribution in [-0.2, 0) is 9.59 Å². The summed E-state index contributed by atoms with van der Waals surface area (Å²) < 4.78 is 5.19. The quantitative estimate of drug-likeness (QED) is 0.651. The van der Waals surface area contributed by atoms with Crippen molar-refractivity contribution in [1.29, 1.82) is 0 Å². The molecule has 6 nitrogen and oxygen atoms in total. The number of carboxylic acid groups (broad SMARTS) is 1. The topological polar surface area (TPSA) is 95.9 Å². The Kier molecular flexibility index (Phi) is 6.42. The number of carbonyl (C=O) groups excluding carboxylic acids is 1. The fraction of sp³-hybridized carbons (Fsp3) is 0.333. The van der Waals surface area contributed by atoms with E-state index in [-0.39, 0.29) is 18.9 Å². The molecule has 1 aromatic carbocycles. The Hall–Kier alpha value is -2.34. The molecule has 0 bridgehead atoms. The molecular weight excluding hydrogens is 274 g/mol. The predicted molar refractivity (Wildman–Crippen MR) is 78.0 cm³/mol. The van der Waals surface area contributed by atoms with E-state index in [0.29, 0.717) is 5.75 Å². The SMILES string of the molecule is COc1ccc(C)cc1/C=C/C(=O)NCC[C@H](O)C(=O)O. The van der Waals surface area contributed by atoms with Gasteiger partial charge >= 0.3 is 5.97 Å². The lowest BCUT2D eigenvalue weighted by molar-refractivity contribution is -0.147. The fourth-order valence-electron chi connectivity index (χ4n) is 1.66. The van der Waals surface area contributed by atoms with Crippen molar-refractivity contribution in [3.63, 3.8) is 0 Å². The highest BCUT2D eigenvalue weighted by atomic mass is 16.5. The van der Waals surface area contributed by atoms with Gasteiger partial charge in [-0.2, -0.15) is 0 Å². The predicted octanol–water partition coefficient (Wildman–Crippen LogP) is 0.969. The van der Waals surface area contributed by atoms with Crippen molar-refractivity contribution in [1.82, 2.24) is 5.32 Å². The maximum absolute atomic E-state index is 11.6. The number of carboxylic acids is 1. The second kappa shape index (κ2) is 8.06. The maximum Gasteiger partial charge on any atom is 0.332 e. The highest BCUT2D eigenvalue weighted by Crippen LogP contribution is 2.20. The number of aliphatic hydroxyl groups excluding tert-OH is 1. The van der Waals surface area contributed by atoms with Crippen LogP contribution in [0.1, 0.15) is 17.5 Å². The number of amides is 1. The Morgan fingerprint density at radius 3 is 2.76 bits per heavy atom. The normalized spacial score (nSPS) is 12.1. The van der Waals surface area contributed by atoms with Crippen LogP contribution in [-0.4, -0.2) is 41.8 Å². The lowest BCUT2D eigenvalue weighted by Crippen LogP contribution is -2.28. The summed E-state index contributed by atoms with van der Waals surface area (Å²) in [7, 11) is 1.55. The molecule has 0 aromatic heterocycles. The number of carbonyl (C=O) groups is 2. The summed E-state index contributed by atoms with van der Waals surface area (Å²) in [5.41, 5.74) is 1.82. The summed E-state index contributed by atoms with van der Waals surface area (Å²) in [6.07, 6.45) is 1.45. The van der Waals surface area contributed by atoms with Crippen LogP contribution < -0.4 is 10.1 Å². The first-order valence-electron chi connectivity index (χ1n) is 6.45. The van der Waals surface area contributed by atoms with Crippen molar-refractivity contribution in [2.45, 2.75) is 19.4 Å². The summed E-state index contributed by atoms with van der Waals surface area (Å²) in [6, 6.07) is 5.61. The molecule has 0 heterocycles. The largest absolute Gasteiger partial charge is 0.496 e. The Morgan fingerprint density at radius 2 is 2.14 bits per heavy atom. The molecule has 3 N–H and O–H groups in total. The van der Waals surface area contributed by atoms with E-state index in [9.17, 15) is 9.59 Å². The van der Waals surface area contributed by atoms with Crippen LogP contribution in [0, 0.1) is 6.92 Å². The molecule has 0 aliphatic carbocycles. The number of aryl methyl sites for hydroxylation is 1. The zero-order chi connectivity index (χ0) is 15.8. The fourth-order valence-corrected chi connectivity index (χ4v) is 1.66. The number of ether oxygens (including phenoxy) is 1. The standard InChI is InChI=1S/C15H19NO5/c1-10-3-5-13(21-2)11(9-10)4-6-14(18)16-8-7-12(17)15(19)20/h3-6,9,12,17H,7-8H2,1-2H3,(H,16,18)(H,19,20)/b6-4+/t12-/m0/s1. The van der Waals surface area contributed by atoms with Crippen molar-refractivity contribution in [3.05, 3.63) is 35.4 Å². The van der Waals surface area contributed by atoms with Gasteiger partial charge in [-0.3, -0.25) is 4.79 Å². The van der Waals surface area contributed by atoms with Gasteiger partial charge in [0.1, 0.15) is 5.75 Å². The van der Waals surface area contributed by atoms with Gasteiger partial charge in [0, 0.05) is 24.6 Å². The highest BCUT2D eigenvalue weighted by Gasteiger charge is 2.12. The van der Waals surface area contributed by atoms with E-state index in [1.165, 1.54) is 6.08 Å². The van der Waals surface area contributed by atoms with Crippen LogP contribution >= 0.6 is 0 Å². The van der Waals surface area contributed by atoms with Crippen LogP contribution in [0.4, 0.5) is 0 Å². The number of aliphatic hydroxyl groups is 1. The number of methoxy groups -OCH3 is 1. The molecule has 0 aliphatic rings. The maximum atomic E-state index is 11.6. The molecule has 6 heteroatoms. The molecule has 1 rings (SSSR count). The van der Waals surface area contributed by atoms with Crippen molar-refractivity contribution in [2.75, 3.05) is 13.7 Å². The van der Waals surface area contributed by atoms with E-state index in [4.69, 9.17) is 14.9 Å². The van der Waals surface area contributed by atoms with Crippen molar-refractivity contribution < 1.29 is 24.5 Å². The second-order valence-electron chi connectivity index (χ2n) is 4.51. The van der Waals surface area contributed by atoms with Crippen molar-refractivity contribution in [2.24, 2.45) is 0 Å². The van der Waals surface area contributed by atoms with Crippen LogP contribution in [0.2, 0.25) is 0 Å². The Balaban J connectivity index is 2.54. The molecule has 0 saturated heterocycles. The van der Waals surface area contributed by atoms with E-state index >= 15 is 0 Å². The molecule has 0 fully saturated rings. The number of aliphatic carboxylic acids is 1. The van der Waals surface area contributed by atoms with Gasteiger partial charge in [-0.15, -0.1) is 0 Å². The van der Waals surface area contributed by atoms with Crippen LogP contribution in [0.3, 0.4) is 0 Å². The Labute approximate surface area is 123 Å². The Bertz CT molecular complexity index is 539. The molecule has 0 aliphatic heterocycles. The highest BCUT2D eigenvalue weighted by molar-refractivity contribution is 5.92. The monoisotopic (exact) mass is 293 g/mol. The number of benzene rings is 1. The van der Waals surface area contributed by atoms with Crippen LogP contribution in [0.25, 0.3) is 6.08 Å². The van der Waals surface area contributed by atoms with Crippen molar-refractivity contribution in [3.8, 4) is 5.75 Å². The molecule has 21 heavy (non-hydrogen) atoms. The average Bonchev–Trinajstić information content (AvgIpc) is 2.45. The molecule has 1 atom stereocenters. The summed E-state index contributed by atoms with van der Waals surface area (Å²) in [6.45, 7) is 2.02. The first-order valence-corrected chi connectivity index (χ1v) is 6.45. The van der Waals surface area contributed by atoms with Gasteiger partial charge < -0.3 is 20.3 Å². The first-order chi connectivity index (χ1) is 9.93. The van der Waals surface area contributed by atoms with Gasteiger partial charge in [-0.25, -0.2) is 4.79 Å². The minimum Gasteiger partial charge on any atom is -0.496 e. The number of hydrogen-bond acceptors (Lipinski definition) is 4. The number of nitrogens with one attached hydrogen (secondary N) is 1. The van der Waals surface area contributed by atoms with Crippen LogP contribution in [0.5, 0.6) is 5.75 Å². The molecule has 114 valence electrons. The summed E-state index contributed by atoms with van der Waals surface area (Å²) in [4.78, 5) is 22.0. The first kappa shape index (κ1) is 16.7. The van der Waals surface area contributed by atoms with E-state index in [1.54, 1.807) is 13.2 Å². The van der Waals surface area contributed by atoms with Gasteiger partial charge in [0.15, 0.2) is 6.10 Å². The summed E-state index contributed by atoms with van der Waals surface area (Å²) in [5, 5.41) is 20.1. The Morgan fingerprint density at radius 1 is 1.43 bits per heavy atom. The van der Waals surface area contributed by atoms with E-state index < -0.39 is 12.1 Å². The zero-order valence-electron chi connectivity index (χ0n) is 12.0. The van der Waals surface area contributed by atoms with Gasteiger partial charge in [0.2, 0.25) is 5.91 Å². The van der Waals surface area contributed by atoms with Gasteiger partial charge in [-0.1, -0.05) is 11.6 Å². The third kappa shape index (κ3) is 5.66. The third-order valence-electron chi connectivity index (χ3n) is 2.80. The zero-order valence-corrected chi connectivity index (χ0v) is 12.0. The lowest BCUT2D eigenvalue weighted by atomic mass is 10.1. The summed E-state index contributed by atoms with van der Waals surface area (Å²) in [5.74, 6) is -1.01. The minimum absolute atomic E-state index is 0.0390. The van der Waals surface area contributed by atoms with Gasteiger partial charge in [-0.05, 0) is 25.1 Å². The number of rotatable bonds is 7.